The van der Waals surface area contributed by atoms with Gasteiger partial charge in [-0.05, 0) is 50.1 Å². The van der Waals surface area contributed by atoms with Gasteiger partial charge in [0.1, 0.15) is 11.4 Å². The smallest absolute Gasteiger partial charge is 0.143 e. The summed E-state index contributed by atoms with van der Waals surface area (Å²) in [5.41, 5.74) is 4.50. The average molecular weight is 275 g/mol. The molecule has 0 aromatic heterocycles. The van der Waals surface area contributed by atoms with Crippen molar-refractivity contribution >= 4 is 23.0 Å². The zero-order valence-corrected chi connectivity index (χ0v) is 11.9. The normalized spacial score (nSPS) is 11.2. The van der Waals surface area contributed by atoms with Gasteiger partial charge in [0.25, 0.3) is 0 Å². The lowest BCUT2D eigenvalue weighted by Gasteiger charge is -2.05. The largest absolute Gasteiger partial charge is 0.506 e. The minimum absolute atomic E-state index is 0.0653. The maximum Gasteiger partial charge on any atom is 0.143 e. The highest BCUT2D eigenvalue weighted by Gasteiger charge is 2.04. The van der Waals surface area contributed by atoms with Crippen molar-refractivity contribution in [1.82, 2.24) is 0 Å². The molecule has 0 spiro atoms. The summed E-state index contributed by atoms with van der Waals surface area (Å²) in [5, 5.41) is 18.5. The van der Waals surface area contributed by atoms with Gasteiger partial charge in [0, 0.05) is 5.02 Å². The molecule has 0 atom stereocenters. The summed E-state index contributed by atoms with van der Waals surface area (Å²) in [6.07, 6.45) is 0. The molecule has 0 fully saturated rings. The standard InChI is InChI=1S/C15H15ClN2O/c1-9-6-10(2)15(11(3)7-9)18-17-13-8-12(16)4-5-14(13)19/h4-8,19H,1-3H3. The van der Waals surface area contributed by atoms with Gasteiger partial charge in [-0.25, -0.2) is 0 Å². The molecule has 0 amide bonds. The van der Waals surface area contributed by atoms with Crippen LogP contribution in [-0.4, -0.2) is 5.11 Å². The van der Waals surface area contributed by atoms with Crippen molar-refractivity contribution in [1.29, 1.82) is 0 Å². The lowest BCUT2D eigenvalue weighted by molar-refractivity contribution is 0.476. The fraction of sp³-hybridized carbons (Fsp3) is 0.200. The number of aryl methyl sites for hydroxylation is 3. The monoisotopic (exact) mass is 274 g/mol. The zero-order valence-electron chi connectivity index (χ0n) is 11.1. The summed E-state index contributed by atoms with van der Waals surface area (Å²) in [6, 6.07) is 8.81. The van der Waals surface area contributed by atoms with Crippen molar-refractivity contribution in [2.45, 2.75) is 20.8 Å². The van der Waals surface area contributed by atoms with E-state index in [0.29, 0.717) is 10.7 Å². The molecule has 98 valence electrons. The molecule has 0 radical (unpaired) electrons. The molecule has 2 aromatic rings. The third kappa shape index (κ3) is 3.12. The Morgan fingerprint density at radius 1 is 0.947 bits per heavy atom. The number of rotatable bonds is 2. The summed E-state index contributed by atoms with van der Waals surface area (Å²) in [5.74, 6) is 0.0653. The van der Waals surface area contributed by atoms with Gasteiger partial charge in [-0.1, -0.05) is 29.3 Å². The zero-order chi connectivity index (χ0) is 14.0. The Hall–Kier alpha value is -1.87. The van der Waals surface area contributed by atoms with Gasteiger partial charge in [0.15, 0.2) is 0 Å². The van der Waals surface area contributed by atoms with Gasteiger partial charge in [-0.3, -0.25) is 0 Å². The Kier molecular flexibility index (Phi) is 3.86. The Morgan fingerprint density at radius 2 is 1.58 bits per heavy atom. The second-order valence-electron chi connectivity index (χ2n) is 4.58. The first kappa shape index (κ1) is 13.6. The fourth-order valence-electron chi connectivity index (χ4n) is 2.01. The maximum absolute atomic E-state index is 9.68. The lowest BCUT2D eigenvalue weighted by Crippen LogP contribution is -1.82. The van der Waals surface area contributed by atoms with Crippen LogP contribution in [0.5, 0.6) is 5.75 Å². The first-order valence-electron chi connectivity index (χ1n) is 5.95. The number of benzene rings is 2. The first-order valence-corrected chi connectivity index (χ1v) is 6.33. The van der Waals surface area contributed by atoms with E-state index in [1.807, 2.05) is 20.8 Å². The first-order chi connectivity index (χ1) is 8.97. The highest BCUT2D eigenvalue weighted by molar-refractivity contribution is 6.30. The second kappa shape index (κ2) is 5.41. The van der Waals surface area contributed by atoms with Gasteiger partial charge in [0.2, 0.25) is 0 Å². The summed E-state index contributed by atoms with van der Waals surface area (Å²) in [6.45, 7) is 6.03. The van der Waals surface area contributed by atoms with Crippen molar-refractivity contribution < 1.29 is 5.11 Å². The van der Waals surface area contributed by atoms with Crippen molar-refractivity contribution in [3.63, 3.8) is 0 Å². The number of aromatic hydroxyl groups is 1. The minimum Gasteiger partial charge on any atom is -0.506 e. The van der Waals surface area contributed by atoms with Gasteiger partial charge in [0.05, 0.1) is 5.69 Å². The Bertz CT molecular complexity index is 628. The second-order valence-corrected chi connectivity index (χ2v) is 5.02. The Balaban J connectivity index is 2.41. The highest BCUT2D eigenvalue weighted by Crippen LogP contribution is 2.32. The maximum atomic E-state index is 9.68. The Morgan fingerprint density at radius 3 is 2.21 bits per heavy atom. The van der Waals surface area contributed by atoms with Crippen LogP contribution in [-0.2, 0) is 0 Å². The van der Waals surface area contributed by atoms with Crippen LogP contribution < -0.4 is 0 Å². The summed E-state index contributed by atoms with van der Waals surface area (Å²) < 4.78 is 0. The van der Waals surface area contributed by atoms with Gasteiger partial charge >= 0.3 is 0 Å². The van der Waals surface area contributed by atoms with E-state index in [1.54, 1.807) is 12.1 Å². The minimum atomic E-state index is 0.0653. The SMILES string of the molecule is Cc1cc(C)c(N=Nc2cc(Cl)ccc2O)c(C)c1. The highest BCUT2D eigenvalue weighted by atomic mass is 35.5. The van der Waals surface area contributed by atoms with E-state index in [-0.39, 0.29) is 5.75 Å². The number of phenols is 1. The predicted molar refractivity (Wildman–Crippen MR) is 77.9 cm³/mol. The molecule has 0 aliphatic carbocycles. The molecule has 4 heteroatoms. The topological polar surface area (TPSA) is 45.0 Å². The number of azo groups is 1. The van der Waals surface area contributed by atoms with Crippen molar-refractivity contribution in [3.05, 3.63) is 52.0 Å². The van der Waals surface area contributed by atoms with E-state index < -0.39 is 0 Å². The van der Waals surface area contributed by atoms with Gasteiger partial charge < -0.3 is 5.11 Å². The number of halogens is 1. The van der Waals surface area contributed by atoms with E-state index in [1.165, 1.54) is 11.6 Å². The summed E-state index contributed by atoms with van der Waals surface area (Å²) >= 11 is 5.87. The molecule has 0 unspecified atom stereocenters. The Labute approximate surface area is 117 Å². The van der Waals surface area contributed by atoms with E-state index in [0.717, 1.165) is 16.8 Å². The van der Waals surface area contributed by atoms with E-state index >= 15 is 0 Å². The van der Waals surface area contributed by atoms with E-state index in [9.17, 15) is 5.11 Å². The summed E-state index contributed by atoms with van der Waals surface area (Å²) in [4.78, 5) is 0. The van der Waals surface area contributed by atoms with E-state index in [4.69, 9.17) is 11.6 Å². The van der Waals surface area contributed by atoms with Crippen LogP contribution in [0.25, 0.3) is 0 Å². The molecule has 0 saturated carbocycles. The molecule has 19 heavy (non-hydrogen) atoms. The molecule has 0 aliphatic heterocycles. The molecule has 0 heterocycles. The molecule has 3 nitrogen and oxygen atoms in total. The van der Waals surface area contributed by atoms with Crippen molar-refractivity contribution in [2.24, 2.45) is 10.2 Å². The van der Waals surface area contributed by atoms with E-state index in [2.05, 4.69) is 22.4 Å². The molecule has 2 rings (SSSR count). The van der Waals surface area contributed by atoms with Gasteiger partial charge in [-0.15, -0.1) is 10.2 Å². The van der Waals surface area contributed by atoms with Crippen LogP contribution in [0.4, 0.5) is 11.4 Å². The quantitative estimate of drug-likeness (QED) is 0.734. The summed E-state index contributed by atoms with van der Waals surface area (Å²) in [7, 11) is 0. The third-order valence-corrected chi connectivity index (χ3v) is 3.07. The predicted octanol–water partition coefficient (Wildman–Crippen LogP) is 5.39. The molecular formula is C15H15ClN2O. The number of hydrogen-bond donors (Lipinski definition) is 1. The third-order valence-electron chi connectivity index (χ3n) is 2.83. The lowest BCUT2D eigenvalue weighted by atomic mass is 10.1. The molecule has 0 bridgehead atoms. The number of phenolic OH excluding ortho intramolecular Hbond substituents is 1. The van der Waals surface area contributed by atoms with Crippen LogP contribution in [0.2, 0.25) is 5.02 Å². The number of nitrogens with zero attached hydrogens (tertiary/aromatic N) is 2. The number of hydrogen-bond acceptors (Lipinski definition) is 3. The van der Waals surface area contributed by atoms with Crippen LogP contribution in [0.1, 0.15) is 16.7 Å². The average Bonchev–Trinajstić information content (AvgIpc) is 2.32. The molecule has 0 aliphatic rings. The molecular weight excluding hydrogens is 260 g/mol. The van der Waals surface area contributed by atoms with Crippen LogP contribution >= 0.6 is 11.6 Å². The van der Waals surface area contributed by atoms with Crippen molar-refractivity contribution in [2.75, 3.05) is 0 Å². The molecule has 0 saturated heterocycles. The van der Waals surface area contributed by atoms with Crippen molar-refractivity contribution in [3.8, 4) is 5.75 Å². The van der Waals surface area contributed by atoms with Gasteiger partial charge in [-0.2, -0.15) is 0 Å². The van der Waals surface area contributed by atoms with Crippen LogP contribution in [0.3, 0.4) is 0 Å². The van der Waals surface area contributed by atoms with Crippen LogP contribution in [0, 0.1) is 20.8 Å². The molecule has 1 N–H and O–H groups in total. The molecule has 2 aromatic carbocycles. The fourth-order valence-corrected chi connectivity index (χ4v) is 2.18. The van der Waals surface area contributed by atoms with Crippen LogP contribution in [0.15, 0.2) is 40.6 Å².